The number of hydrogen-bond acceptors (Lipinski definition) is 6. The molecule has 0 amide bonds. The number of benzene rings is 1. The lowest BCUT2D eigenvalue weighted by molar-refractivity contribution is 0.103. The number of pyridine rings is 1. The molecule has 0 atom stereocenters. The van der Waals surface area contributed by atoms with Crippen molar-refractivity contribution in [1.82, 2.24) is 4.98 Å². The zero-order chi connectivity index (χ0) is 16.8. The highest BCUT2D eigenvalue weighted by atomic mass is 16.1. The molecule has 0 saturated heterocycles. The number of ketones is 1. The van der Waals surface area contributed by atoms with E-state index in [9.17, 15) is 15.3 Å². The molecule has 0 aliphatic rings. The largest absolute Gasteiger partial charge is 0.383 e. The molecule has 6 heteroatoms. The van der Waals surface area contributed by atoms with Crippen LogP contribution in [0.2, 0.25) is 0 Å². The molecule has 0 radical (unpaired) electrons. The van der Waals surface area contributed by atoms with E-state index in [1.165, 1.54) is 0 Å². The number of nitrogens with one attached hydrogen (secondary N) is 1. The van der Waals surface area contributed by atoms with Crippen molar-refractivity contribution in [2.45, 2.75) is 13.3 Å². The van der Waals surface area contributed by atoms with Crippen LogP contribution >= 0.6 is 0 Å². The van der Waals surface area contributed by atoms with Gasteiger partial charge in [-0.25, -0.2) is 4.98 Å². The molecule has 0 bridgehead atoms. The second-order valence-electron chi connectivity index (χ2n) is 4.82. The molecular weight excluding hydrogens is 290 g/mol. The van der Waals surface area contributed by atoms with Gasteiger partial charge in [-0.3, -0.25) is 4.79 Å². The van der Waals surface area contributed by atoms with Gasteiger partial charge in [0.1, 0.15) is 34.9 Å². The zero-order valence-electron chi connectivity index (χ0n) is 12.6. The average Bonchev–Trinajstić information content (AvgIpc) is 2.59. The molecule has 0 fully saturated rings. The first kappa shape index (κ1) is 16.0. The maximum atomic E-state index is 12.8. The van der Waals surface area contributed by atoms with Crippen molar-refractivity contribution in [1.29, 1.82) is 10.5 Å². The van der Waals surface area contributed by atoms with E-state index in [0.29, 0.717) is 12.1 Å². The molecule has 6 nitrogen and oxygen atoms in total. The van der Waals surface area contributed by atoms with E-state index in [2.05, 4.69) is 10.3 Å². The topological polar surface area (TPSA) is 116 Å². The van der Waals surface area contributed by atoms with Crippen LogP contribution in [0, 0.1) is 22.7 Å². The molecule has 2 aromatic rings. The van der Waals surface area contributed by atoms with Crippen molar-refractivity contribution in [2.24, 2.45) is 0 Å². The molecule has 114 valence electrons. The Hall–Kier alpha value is -3.38. The fourth-order valence-electron chi connectivity index (χ4n) is 2.16. The van der Waals surface area contributed by atoms with Crippen molar-refractivity contribution in [3.8, 4) is 12.1 Å². The summed E-state index contributed by atoms with van der Waals surface area (Å²) in [5.41, 5.74) is 6.15. The summed E-state index contributed by atoms with van der Waals surface area (Å²) in [6, 6.07) is 12.3. The van der Waals surface area contributed by atoms with Gasteiger partial charge in [-0.15, -0.1) is 0 Å². The van der Waals surface area contributed by atoms with Crippen LogP contribution in [-0.2, 0) is 0 Å². The van der Waals surface area contributed by atoms with Crippen LogP contribution in [-0.4, -0.2) is 17.3 Å². The van der Waals surface area contributed by atoms with Gasteiger partial charge < -0.3 is 11.1 Å². The molecule has 0 saturated carbocycles. The third-order valence-corrected chi connectivity index (χ3v) is 3.25. The summed E-state index contributed by atoms with van der Waals surface area (Å²) in [6.45, 7) is 2.54. The summed E-state index contributed by atoms with van der Waals surface area (Å²) in [7, 11) is 0. The minimum absolute atomic E-state index is 0.00713. The van der Waals surface area contributed by atoms with E-state index in [-0.39, 0.29) is 28.3 Å². The van der Waals surface area contributed by atoms with Gasteiger partial charge in [0.2, 0.25) is 0 Å². The Kier molecular flexibility index (Phi) is 4.91. The van der Waals surface area contributed by atoms with Gasteiger partial charge in [-0.2, -0.15) is 10.5 Å². The minimum atomic E-state index is -0.424. The Bertz CT molecular complexity index is 816. The van der Waals surface area contributed by atoms with Crippen molar-refractivity contribution in [2.75, 3.05) is 17.6 Å². The monoisotopic (exact) mass is 305 g/mol. The van der Waals surface area contributed by atoms with E-state index in [1.807, 2.05) is 19.1 Å². The number of aromatic nitrogens is 1. The predicted molar refractivity (Wildman–Crippen MR) is 86.7 cm³/mol. The van der Waals surface area contributed by atoms with Gasteiger partial charge in [0, 0.05) is 12.1 Å². The normalized spacial score (nSPS) is 9.70. The Morgan fingerprint density at radius 3 is 2.43 bits per heavy atom. The molecule has 23 heavy (non-hydrogen) atoms. The van der Waals surface area contributed by atoms with Gasteiger partial charge in [-0.05, 0) is 6.42 Å². The number of nitrogens with zero attached hydrogens (tertiary/aromatic N) is 3. The number of nitrogens with two attached hydrogens (primary N) is 1. The van der Waals surface area contributed by atoms with Gasteiger partial charge >= 0.3 is 0 Å². The third-order valence-electron chi connectivity index (χ3n) is 3.25. The molecule has 2 rings (SSSR count). The molecular formula is C17H15N5O. The molecule has 1 aromatic heterocycles. The van der Waals surface area contributed by atoms with Crippen molar-refractivity contribution in [3.63, 3.8) is 0 Å². The van der Waals surface area contributed by atoms with Gasteiger partial charge in [0.25, 0.3) is 0 Å². The molecule has 0 unspecified atom stereocenters. The van der Waals surface area contributed by atoms with E-state index >= 15 is 0 Å². The van der Waals surface area contributed by atoms with Gasteiger partial charge in [-0.1, -0.05) is 37.3 Å². The molecule has 3 N–H and O–H groups in total. The highest BCUT2D eigenvalue weighted by molar-refractivity contribution is 6.13. The van der Waals surface area contributed by atoms with Crippen LogP contribution in [0.15, 0.2) is 30.3 Å². The van der Waals surface area contributed by atoms with Crippen LogP contribution in [0.5, 0.6) is 0 Å². The fourth-order valence-corrected chi connectivity index (χ4v) is 2.16. The molecule has 0 aliphatic heterocycles. The Balaban J connectivity index is 2.69. The van der Waals surface area contributed by atoms with E-state index < -0.39 is 5.78 Å². The number of nitriles is 2. The first-order valence-electron chi connectivity index (χ1n) is 7.11. The summed E-state index contributed by atoms with van der Waals surface area (Å²) in [5, 5.41) is 21.8. The lowest BCUT2D eigenvalue weighted by Crippen LogP contribution is -2.15. The number of anilines is 2. The van der Waals surface area contributed by atoms with Crippen molar-refractivity contribution in [3.05, 3.63) is 52.6 Å². The minimum Gasteiger partial charge on any atom is -0.383 e. The molecule has 1 heterocycles. The van der Waals surface area contributed by atoms with Crippen LogP contribution < -0.4 is 11.1 Å². The van der Waals surface area contributed by atoms with Crippen molar-refractivity contribution >= 4 is 17.4 Å². The maximum Gasteiger partial charge on any atom is 0.195 e. The number of rotatable bonds is 5. The van der Waals surface area contributed by atoms with E-state index in [0.717, 1.165) is 6.42 Å². The number of carbonyl (C=O) groups excluding carboxylic acids is 1. The second-order valence-corrected chi connectivity index (χ2v) is 4.82. The molecule has 1 aromatic carbocycles. The lowest BCUT2D eigenvalue weighted by atomic mass is 9.95. The van der Waals surface area contributed by atoms with Crippen LogP contribution in [0.3, 0.4) is 0 Å². The Morgan fingerprint density at radius 1 is 1.22 bits per heavy atom. The fraction of sp³-hybridized carbons (Fsp3) is 0.176. The highest BCUT2D eigenvalue weighted by Crippen LogP contribution is 2.27. The van der Waals surface area contributed by atoms with E-state index in [4.69, 9.17) is 5.73 Å². The van der Waals surface area contributed by atoms with Crippen LogP contribution in [0.4, 0.5) is 11.6 Å². The maximum absolute atomic E-state index is 12.8. The lowest BCUT2D eigenvalue weighted by Gasteiger charge is -2.13. The first-order valence-corrected chi connectivity index (χ1v) is 7.11. The van der Waals surface area contributed by atoms with Crippen LogP contribution in [0.1, 0.15) is 40.4 Å². The Labute approximate surface area is 134 Å². The summed E-state index contributed by atoms with van der Waals surface area (Å²) in [5.74, 6) is -0.262. The highest BCUT2D eigenvalue weighted by Gasteiger charge is 2.24. The zero-order valence-corrected chi connectivity index (χ0v) is 12.6. The summed E-state index contributed by atoms with van der Waals surface area (Å²) >= 11 is 0. The van der Waals surface area contributed by atoms with Crippen molar-refractivity contribution < 1.29 is 4.79 Å². The molecule has 0 aliphatic carbocycles. The average molecular weight is 305 g/mol. The van der Waals surface area contributed by atoms with E-state index in [1.54, 1.807) is 30.3 Å². The molecule has 0 spiro atoms. The Morgan fingerprint density at radius 2 is 1.87 bits per heavy atom. The smallest absolute Gasteiger partial charge is 0.195 e. The second kappa shape index (κ2) is 7.06. The van der Waals surface area contributed by atoms with Gasteiger partial charge in [0.15, 0.2) is 5.78 Å². The predicted octanol–water partition coefficient (Wildman–Crippen LogP) is 2.46. The third kappa shape index (κ3) is 3.12. The SMILES string of the molecule is CCCNc1nc(N)c(C#N)c(C(=O)c2ccccc2)c1C#N. The first-order chi connectivity index (χ1) is 11.1. The summed E-state index contributed by atoms with van der Waals surface area (Å²) < 4.78 is 0. The standard InChI is InChI=1S/C17H15N5O/c1-2-8-21-17-13(10-19)14(12(9-18)16(20)22-17)15(23)11-6-4-3-5-7-11/h3-7H,2,8H2,1H3,(H3,20,21,22). The van der Waals surface area contributed by atoms with Crippen LogP contribution in [0.25, 0.3) is 0 Å². The quantitative estimate of drug-likeness (QED) is 0.820. The number of nitrogen functional groups attached to an aromatic ring is 1. The van der Waals surface area contributed by atoms with Gasteiger partial charge in [0.05, 0.1) is 5.56 Å². The number of hydrogen-bond donors (Lipinski definition) is 2. The summed E-state index contributed by atoms with van der Waals surface area (Å²) in [4.78, 5) is 16.8. The number of carbonyl (C=O) groups is 1. The summed E-state index contributed by atoms with van der Waals surface area (Å²) in [6.07, 6.45) is 0.814.